The number of nitrogens with zero attached hydrogens (tertiary/aromatic N) is 2. The van der Waals surface area contributed by atoms with Crippen LogP contribution in [-0.2, 0) is 9.59 Å². The van der Waals surface area contributed by atoms with E-state index in [1.807, 2.05) is 6.92 Å². The number of para-hydroxylation sites is 1. The molecule has 2 aromatic carbocycles. The molecule has 6 nitrogen and oxygen atoms in total. The van der Waals surface area contributed by atoms with E-state index in [0.29, 0.717) is 5.69 Å². The Hall–Kier alpha value is -3.35. The van der Waals surface area contributed by atoms with Gasteiger partial charge in [-0.25, -0.2) is 14.1 Å². The highest BCUT2D eigenvalue weighted by molar-refractivity contribution is 6.32. The minimum Gasteiger partial charge on any atom is -0.276 e. The standard InChI is InChI=1S/C18H14FN3O3/c1-11-6-8-12(9-7-11)22-17(24)13(16(23)21-18(22)25)10-20-15-5-3-2-4-14(15)19/h2-10,13H,1H3,(H,21,23,25)/t13-/m0/s1. The van der Waals surface area contributed by atoms with Gasteiger partial charge >= 0.3 is 6.03 Å². The lowest BCUT2D eigenvalue weighted by Gasteiger charge is -2.28. The van der Waals surface area contributed by atoms with Gasteiger partial charge in [0.25, 0.3) is 5.91 Å². The monoisotopic (exact) mass is 339 g/mol. The molecule has 0 unspecified atom stereocenters. The largest absolute Gasteiger partial charge is 0.335 e. The molecule has 0 bridgehead atoms. The third kappa shape index (κ3) is 3.30. The summed E-state index contributed by atoms with van der Waals surface area (Å²) in [5.41, 5.74) is 1.30. The molecular formula is C18H14FN3O3. The highest BCUT2D eigenvalue weighted by Gasteiger charge is 2.40. The average Bonchev–Trinajstić information content (AvgIpc) is 2.57. The number of rotatable bonds is 3. The van der Waals surface area contributed by atoms with Crippen molar-refractivity contribution in [3.05, 3.63) is 59.9 Å². The fourth-order valence-electron chi connectivity index (χ4n) is 2.37. The van der Waals surface area contributed by atoms with Crippen LogP contribution in [-0.4, -0.2) is 24.1 Å². The van der Waals surface area contributed by atoms with Crippen molar-refractivity contribution >= 4 is 35.4 Å². The van der Waals surface area contributed by atoms with Crippen LogP contribution in [0, 0.1) is 18.7 Å². The molecule has 0 spiro atoms. The lowest BCUT2D eigenvalue weighted by atomic mass is 10.1. The van der Waals surface area contributed by atoms with E-state index in [1.165, 1.54) is 18.2 Å². The smallest absolute Gasteiger partial charge is 0.276 e. The molecule has 1 heterocycles. The van der Waals surface area contributed by atoms with Crippen molar-refractivity contribution in [1.29, 1.82) is 0 Å². The molecule has 1 aliphatic rings. The Bertz CT molecular complexity index is 877. The van der Waals surface area contributed by atoms with Gasteiger partial charge in [-0.2, -0.15) is 0 Å². The molecule has 0 aliphatic carbocycles. The Morgan fingerprint density at radius 1 is 1.08 bits per heavy atom. The summed E-state index contributed by atoms with van der Waals surface area (Å²) < 4.78 is 13.6. The molecule has 25 heavy (non-hydrogen) atoms. The van der Waals surface area contributed by atoms with E-state index in [0.717, 1.165) is 16.7 Å². The highest BCUT2D eigenvalue weighted by Crippen LogP contribution is 2.22. The number of hydrogen-bond acceptors (Lipinski definition) is 4. The minimum absolute atomic E-state index is 0.00175. The first-order chi connectivity index (χ1) is 12.0. The van der Waals surface area contributed by atoms with Gasteiger partial charge in [0, 0.05) is 6.21 Å². The number of hydrogen-bond donors (Lipinski definition) is 1. The van der Waals surface area contributed by atoms with Crippen molar-refractivity contribution in [3.8, 4) is 0 Å². The second kappa shape index (κ2) is 6.64. The molecule has 4 amide bonds. The molecule has 7 heteroatoms. The van der Waals surface area contributed by atoms with E-state index in [2.05, 4.69) is 10.3 Å². The van der Waals surface area contributed by atoms with Crippen molar-refractivity contribution in [3.63, 3.8) is 0 Å². The van der Waals surface area contributed by atoms with Gasteiger partial charge in [-0.05, 0) is 31.2 Å². The fraction of sp³-hybridized carbons (Fsp3) is 0.111. The van der Waals surface area contributed by atoms with Gasteiger partial charge < -0.3 is 0 Å². The molecule has 1 fully saturated rings. The molecule has 1 saturated heterocycles. The Balaban J connectivity index is 1.90. The molecule has 0 radical (unpaired) electrons. The lowest BCUT2D eigenvalue weighted by molar-refractivity contribution is -0.131. The summed E-state index contributed by atoms with van der Waals surface area (Å²) in [6.07, 6.45) is 1.05. The summed E-state index contributed by atoms with van der Waals surface area (Å²) in [5, 5.41) is 2.12. The number of aryl methyl sites for hydroxylation is 1. The number of benzene rings is 2. The number of carbonyl (C=O) groups is 3. The molecule has 1 aliphatic heterocycles. The predicted octanol–water partition coefficient (Wildman–Crippen LogP) is 2.74. The third-order valence-corrected chi connectivity index (χ3v) is 3.71. The summed E-state index contributed by atoms with van der Waals surface area (Å²) in [6.45, 7) is 1.87. The Morgan fingerprint density at radius 3 is 2.44 bits per heavy atom. The van der Waals surface area contributed by atoms with Gasteiger partial charge in [0.1, 0.15) is 5.82 Å². The SMILES string of the molecule is Cc1ccc(N2C(=O)NC(=O)[C@H](C=Nc3ccccc3F)C2=O)cc1. The molecule has 126 valence electrons. The van der Waals surface area contributed by atoms with Crippen LogP contribution in [0.3, 0.4) is 0 Å². The number of halogens is 1. The maximum Gasteiger partial charge on any atom is 0.335 e. The Morgan fingerprint density at radius 2 is 1.76 bits per heavy atom. The maximum absolute atomic E-state index is 13.6. The van der Waals surface area contributed by atoms with Crippen LogP contribution in [0.4, 0.5) is 20.6 Å². The first-order valence-corrected chi connectivity index (χ1v) is 7.51. The molecule has 1 N–H and O–H groups in total. The minimum atomic E-state index is -1.32. The van der Waals surface area contributed by atoms with Crippen LogP contribution in [0.2, 0.25) is 0 Å². The Kier molecular flexibility index (Phi) is 4.38. The van der Waals surface area contributed by atoms with Gasteiger partial charge in [-0.1, -0.05) is 29.8 Å². The summed E-state index contributed by atoms with van der Waals surface area (Å²) in [6, 6.07) is 11.6. The van der Waals surface area contributed by atoms with Crippen molar-refractivity contribution in [1.82, 2.24) is 5.32 Å². The first-order valence-electron chi connectivity index (χ1n) is 7.51. The first kappa shape index (κ1) is 16.5. The topological polar surface area (TPSA) is 78.8 Å². The molecule has 3 rings (SSSR count). The van der Waals surface area contributed by atoms with Gasteiger partial charge in [-0.3, -0.25) is 19.9 Å². The maximum atomic E-state index is 13.6. The number of amides is 4. The van der Waals surface area contributed by atoms with Gasteiger partial charge in [0.15, 0.2) is 5.92 Å². The number of urea groups is 1. The van der Waals surface area contributed by atoms with Crippen molar-refractivity contribution in [2.75, 3.05) is 4.90 Å². The second-order valence-corrected chi connectivity index (χ2v) is 5.51. The van der Waals surface area contributed by atoms with Crippen LogP contribution in [0.25, 0.3) is 0 Å². The van der Waals surface area contributed by atoms with Crippen molar-refractivity contribution in [2.24, 2.45) is 10.9 Å². The molecule has 2 aromatic rings. The van der Waals surface area contributed by atoms with Gasteiger partial charge in [-0.15, -0.1) is 0 Å². The normalized spacial score (nSPS) is 17.9. The number of nitrogens with one attached hydrogen (secondary N) is 1. The zero-order valence-corrected chi connectivity index (χ0v) is 13.3. The molecule has 1 atom stereocenters. The van der Waals surface area contributed by atoms with E-state index in [1.54, 1.807) is 30.3 Å². The third-order valence-electron chi connectivity index (χ3n) is 3.71. The van der Waals surface area contributed by atoms with Crippen molar-refractivity contribution in [2.45, 2.75) is 6.92 Å². The number of imide groups is 2. The van der Waals surface area contributed by atoms with E-state index in [-0.39, 0.29) is 5.69 Å². The zero-order valence-electron chi connectivity index (χ0n) is 13.3. The second-order valence-electron chi connectivity index (χ2n) is 5.51. The van der Waals surface area contributed by atoms with E-state index >= 15 is 0 Å². The number of anilines is 1. The fourth-order valence-corrected chi connectivity index (χ4v) is 2.37. The van der Waals surface area contributed by atoms with Gasteiger partial charge in [0.05, 0.1) is 11.4 Å². The zero-order chi connectivity index (χ0) is 18.0. The number of carbonyl (C=O) groups excluding carboxylic acids is 3. The van der Waals surface area contributed by atoms with Crippen molar-refractivity contribution < 1.29 is 18.8 Å². The molecule has 0 aromatic heterocycles. The van der Waals surface area contributed by atoms with Crippen LogP contribution in [0.1, 0.15) is 5.56 Å². The Labute approximate surface area is 143 Å². The molecule has 0 saturated carbocycles. The van der Waals surface area contributed by atoms with Crippen LogP contribution in [0.15, 0.2) is 53.5 Å². The number of barbiturate groups is 1. The summed E-state index contributed by atoms with van der Waals surface area (Å²) in [5.74, 6) is -3.43. The van der Waals surface area contributed by atoms with Crippen LogP contribution < -0.4 is 10.2 Å². The van der Waals surface area contributed by atoms with Crippen LogP contribution >= 0.6 is 0 Å². The quantitative estimate of drug-likeness (QED) is 0.690. The van der Waals surface area contributed by atoms with Gasteiger partial charge in [0.2, 0.25) is 5.91 Å². The van der Waals surface area contributed by atoms with E-state index < -0.39 is 29.6 Å². The van der Waals surface area contributed by atoms with E-state index in [9.17, 15) is 18.8 Å². The molecular weight excluding hydrogens is 325 g/mol. The van der Waals surface area contributed by atoms with Crippen LogP contribution in [0.5, 0.6) is 0 Å². The summed E-state index contributed by atoms with van der Waals surface area (Å²) in [7, 11) is 0. The highest BCUT2D eigenvalue weighted by atomic mass is 19.1. The lowest BCUT2D eigenvalue weighted by Crippen LogP contribution is -2.58. The summed E-state index contributed by atoms with van der Waals surface area (Å²) >= 11 is 0. The predicted molar refractivity (Wildman–Crippen MR) is 90.2 cm³/mol. The number of aliphatic imine (C=N–C) groups is 1. The summed E-state index contributed by atoms with van der Waals surface area (Å²) in [4.78, 5) is 41.4. The average molecular weight is 339 g/mol. The van der Waals surface area contributed by atoms with E-state index in [4.69, 9.17) is 0 Å².